The van der Waals surface area contributed by atoms with Crippen molar-refractivity contribution in [3.8, 4) is 5.69 Å². The van der Waals surface area contributed by atoms with Gasteiger partial charge in [0, 0.05) is 0 Å². The summed E-state index contributed by atoms with van der Waals surface area (Å²) in [7, 11) is 0. The van der Waals surface area contributed by atoms with Crippen LogP contribution in [-0.2, 0) is 9.53 Å². The molecular formula is C21H18N4O2S. The summed E-state index contributed by atoms with van der Waals surface area (Å²) in [6.07, 6.45) is 3.23. The van der Waals surface area contributed by atoms with Crippen LogP contribution in [0, 0.1) is 0 Å². The highest BCUT2D eigenvalue weighted by Gasteiger charge is 2.25. The van der Waals surface area contributed by atoms with Crippen molar-refractivity contribution in [1.82, 2.24) is 19.7 Å². The van der Waals surface area contributed by atoms with Gasteiger partial charge in [-0.3, -0.25) is 4.79 Å². The van der Waals surface area contributed by atoms with Gasteiger partial charge < -0.3 is 4.74 Å². The van der Waals surface area contributed by atoms with Gasteiger partial charge >= 0.3 is 5.97 Å². The van der Waals surface area contributed by atoms with Gasteiger partial charge in [-0.2, -0.15) is 5.10 Å². The van der Waals surface area contributed by atoms with Gasteiger partial charge in [-0.05, 0) is 24.6 Å². The van der Waals surface area contributed by atoms with Crippen LogP contribution in [0.25, 0.3) is 16.7 Å². The molecule has 2 heterocycles. The number of thioether (sulfide) groups is 1. The molecule has 2 aromatic heterocycles. The van der Waals surface area contributed by atoms with Gasteiger partial charge in [-0.25, -0.2) is 14.6 Å². The fraction of sp³-hybridized carbons (Fsp3) is 0.143. The fourth-order valence-electron chi connectivity index (χ4n) is 2.88. The second-order valence-electron chi connectivity index (χ2n) is 5.97. The van der Waals surface area contributed by atoms with Gasteiger partial charge in [-0.15, -0.1) is 0 Å². The summed E-state index contributed by atoms with van der Waals surface area (Å²) in [4.78, 5) is 21.4. The van der Waals surface area contributed by atoms with Crippen LogP contribution in [0.15, 0.2) is 78.2 Å². The molecule has 140 valence electrons. The van der Waals surface area contributed by atoms with E-state index in [0.29, 0.717) is 17.3 Å². The summed E-state index contributed by atoms with van der Waals surface area (Å²) < 4.78 is 7.06. The van der Waals surface area contributed by atoms with E-state index in [1.165, 1.54) is 18.1 Å². The zero-order valence-corrected chi connectivity index (χ0v) is 16.0. The number of carbonyl (C=O) groups excluding carboxylic acids is 1. The first kappa shape index (κ1) is 18.2. The zero-order chi connectivity index (χ0) is 19.3. The fourth-order valence-corrected chi connectivity index (χ4v) is 3.94. The van der Waals surface area contributed by atoms with Crippen LogP contribution in [0.5, 0.6) is 0 Å². The first-order chi connectivity index (χ1) is 13.8. The highest BCUT2D eigenvalue weighted by atomic mass is 32.2. The Morgan fingerprint density at radius 2 is 1.79 bits per heavy atom. The minimum atomic E-state index is -0.515. The van der Waals surface area contributed by atoms with E-state index in [4.69, 9.17) is 4.74 Å². The molecule has 4 aromatic rings. The second kappa shape index (κ2) is 8.22. The molecule has 28 heavy (non-hydrogen) atoms. The highest BCUT2D eigenvalue weighted by Crippen LogP contribution is 2.38. The molecule has 0 bridgehead atoms. The third-order valence-corrected chi connectivity index (χ3v) is 5.41. The topological polar surface area (TPSA) is 69.9 Å². The van der Waals surface area contributed by atoms with Gasteiger partial charge in [0.25, 0.3) is 0 Å². The van der Waals surface area contributed by atoms with Crippen molar-refractivity contribution in [1.29, 1.82) is 0 Å². The predicted molar refractivity (Wildman–Crippen MR) is 108 cm³/mol. The minimum absolute atomic E-state index is 0.291. The Hall–Kier alpha value is -3.19. The largest absolute Gasteiger partial charge is 0.465 e. The normalized spacial score (nSPS) is 12.0. The van der Waals surface area contributed by atoms with E-state index < -0.39 is 5.25 Å². The maximum absolute atomic E-state index is 12.6. The molecule has 7 heteroatoms. The molecule has 2 aromatic carbocycles. The number of carbonyl (C=O) groups is 1. The van der Waals surface area contributed by atoms with Crippen molar-refractivity contribution in [2.75, 3.05) is 6.61 Å². The van der Waals surface area contributed by atoms with Crippen LogP contribution in [-0.4, -0.2) is 32.3 Å². The summed E-state index contributed by atoms with van der Waals surface area (Å²) in [6.45, 7) is 2.13. The van der Waals surface area contributed by atoms with Gasteiger partial charge in [-0.1, -0.05) is 60.3 Å². The van der Waals surface area contributed by atoms with Gasteiger partial charge in [0.05, 0.1) is 23.9 Å². The quantitative estimate of drug-likeness (QED) is 0.279. The lowest BCUT2D eigenvalue weighted by Gasteiger charge is -2.15. The van der Waals surface area contributed by atoms with Crippen LogP contribution in [0.2, 0.25) is 0 Å². The number of fused-ring (bicyclic) bond motifs is 1. The Labute approximate surface area is 166 Å². The molecule has 0 saturated carbocycles. The van der Waals surface area contributed by atoms with Crippen LogP contribution in [0.4, 0.5) is 0 Å². The lowest BCUT2D eigenvalue weighted by Crippen LogP contribution is -2.13. The summed E-state index contributed by atoms with van der Waals surface area (Å²) in [6, 6.07) is 19.4. The Morgan fingerprint density at radius 3 is 2.50 bits per heavy atom. The first-order valence-electron chi connectivity index (χ1n) is 8.90. The minimum Gasteiger partial charge on any atom is -0.465 e. The maximum atomic E-state index is 12.6. The predicted octanol–water partition coefficient (Wildman–Crippen LogP) is 4.21. The first-order valence-corrected chi connectivity index (χ1v) is 9.78. The molecule has 1 atom stereocenters. The van der Waals surface area contributed by atoms with Gasteiger partial charge in [0.2, 0.25) is 0 Å². The molecule has 0 aliphatic carbocycles. The highest BCUT2D eigenvalue weighted by molar-refractivity contribution is 8.00. The smallest absolute Gasteiger partial charge is 0.324 e. The average Bonchev–Trinajstić information content (AvgIpc) is 3.18. The molecule has 0 unspecified atom stereocenters. The van der Waals surface area contributed by atoms with Crippen molar-refractivity contribution in [3.05, 3.63) is 78.8 Å². The molecule has 6 nitrogen and oxygen atoms in total. The number of ether oxygens (including phenoxy) is 1. The lowest BCUT2D eigenvalue weighted by molar-refractivity contribution is -0.142. The number of hydrogen-bond donors (Lipinski definition) is 0. The van der Waals surface area contributed by atoms with Gasteiger partial charge in [0.1, 0.15) is 16.6 Å². The summed E-state index contributed by atoms with van der Waals surface area (Å²) in [5.41, 5.74) is 2.48. The van der Waals surface area contributed by atoms with E-state index in [9.17, 15) is 4.79 Å². The molecule has 0 aliphatic rings. The maximum Gasteiger partial charge on any atom is 0.324 e. The molecule has 0 radical (unpaired) electrons. The zero-order valence-electron chi connectivity index (χ0n) is 15.2. The number of benzene rings is 2. The number of aromatic nitrogens is 4. The van der Waals surface area contributed by atoms with Crippen molar-refractivity contribution in [2.24, 2.45) is 0 Å². The van der Waals surface area contributed by atoms with Crippen LogP contribution >= 0.6 is 11.8 Å². The number of esters is 1. The molecule has 4 rings (SSSR count). The Kier molecular flexibility index (Phi) is 5.34. The number of rotatable bonds is 6. The van der Waals surface area contributed by atoms with Crippen molar-refractivity contribution in [3.63, 3.8) is 0 Å². The Morgan fingerprint density at radius 1 is 1.07 bits per heavy atom. The van der Waals surface area contributed by atoms with E-state index in [0.717, 1.165) is 16.6 Å². The number of para-hydroxylation sites is 1. The number of hydrogen-bond acceptors (Lipinski definition) is 6. The average molecular weight is 390 g/mol. The van der Waals surface area contributed by atoms with E-state index in [1.54, 1.807) is 17.8 Å². The Balaban J connectivity index is 1.74. The lowest BCUT2D eigenvalue weighted by atomic mass is 10.1. The molecule has 0 fully saturated rings. The second-order valence-corrected chi connectivity index (χ2v) is 7.06. The third kappa shape index (κ3) is 3.61. The van der Waals surface area contributed by atoms with Crippen LogP contribution in [0.3, 0.4) is 0 Å². The van der Waals surface area contributed by atoms with E-state index in [2.05, 4.69) is 15.1 Å². The van der Waals surface area contributed by atoms with Crippen LogP contribution in [0.1, 0.15) is 17.7 Å². The third-order valence-electron chi connectivity index (χ3n) is 4.16. The molecule has 0 aliphatic heterocycles. The van der Waals surface area contributed by atoms with Crippen molar-refractivity contribution < 1.29 is 9.53 Å². The molecular weight excluding hydrogens is 372 g/mol. The summed E-state index contributed by atoms with van der Waals surface area (Å²) in [5, 5.41) is 5.44. The van der Waals surface area contributed by atoms with Gasteiger partial charge in [0.15, 0.2) is 5.65 Å². The SMILES string of the molecule is CCOC(=O)[C@H](Sc1ncnc2c1cnn2-c1ccccc1)c1ccccc1. The van der Waals surface area contributed by atoms with E-state index in [-0.39, 0.29) is 5.97 Å². The van der Waals surface area contributed by atoms with E-state index >= 15 is 0 Å². The number of nitrogens with zero attached hydrogens (tertiary/aromatic N) is 4. The summed E-state index contributed by atoms with van der Waals surface area (Å²) in [5.74, 6) is -0.291. The standard InChI is InChI=1S/C21H18N4O2S/c1-2-27-21(26)18(15-9-5-3-6-10-15)28-20-17-13-24-25(19(17)22-14-23-20)16-11-7-4-8-12-16/h3-14,18H,2H2,1H3/t18-/m1/s1. The van der Waals surface area contributed by atoms with Crippen LogP contribution < -0.4 is 0 Å². The molecule has 0 saturated heterocycles. The molecule has 0 amide bonds. The molecule has 0 N–H and O–H groups in total. The van der Waals surface area contributed by atoms with E-state index in [1.807, 2.05) is 60.7 Å². The summed E-state index contributed by atoms with van der Waals surface area (Å²) >= 11 is 1.35. The monoisotopic (exact) mass is 390 g/mol. The Bertz CT molecular complexity index is 1080. The molecule has 0 spiro atoms. The van der Waals surface area contributed by atoms with Crippen molar-refractivity contribution >= 4 is 28.8 Å². The van der Waals surface area contributed by atoms with Crippen molar-refractivity contribution in [2.45, 2.75) is 17.2 Å².